The Kier molecular flexibility index (Phi) is 3.51. The van der Waals surface area contributed by atoms with Crippen LogP contribution in [0.3, 0.4) is 0 Å². The fourth-order valence-corrected chi connectivity index (χ4v) is 4.05. The quantitative estimate of drug-likeness (QED) is 0.777. The smallest absolute Gasteiger partial charge is 0.327 e. The first-order chi connectivity index (χ1) is 12.7. The molecule has 0 radical (unpaired) electrons. The van der Waals surface area contributed by atoms with Crippen LogP contribution in [0.1, 0.15) is 25.7 Å². The lowest BCUT2D eigenvalue weighted by Crippen LogP contribution is -2.47. The molecular weight excluding hydrogens is 332 g/mol. The van der Waals surface area contributed by atoms with Crippen LogP contribution in [0.25, 0.3) is 10.9 Å². The number of anilines is 1. The summed E-state index contributed by atoms with van der Waals surface area (Å²) in [6, 6.07) is 2.13. The van der Waals surface area contributed by atoms with Crippen LogP contribution in [-0.4, -0.2) is 68.4 Å². The van der Waals surface area contributed by atoms with Crippen molar-refractivity contribution in [3.8, 4) is 0 Å². The second kappa shape index (κ2) is 5.89. The van der Waals surface area contributed by atoms with Crippen molar-refractivity contribution < 1.29 is 9.59 Å². The lowest BCUT2D eigenvalue weighted by molar-refractivity contribution is -0.125. The average molecular weight is 352 g/mol. The van der Waals surface area contributed by atoms with Crippen LogP contribution in [-0.2, 0) is 4.79 Å². The van der Waals surface area contributed by atoms with Gasteiger partial charge in [-0.2, -0.15) is 0 Å². The fourth-order valence-electron chi connectivity index (χ4n) is 4.05. The van der Waals surface area contributed by atoms with Crippen molar-refractivity contribution in [2.75, 3.05) is 24.5 Å². The molecule has 0 atom stereocenters. The summed E-state index contributed by atoms with van der Waals surface area (Å²) in [4.78, 5) is 43.1. The van der Waals surface area contributed by atoms with Gasteiger partial charge in [0.15, 0.2) is 0 Å². The number of hydrogen-bond donors (Lipinski definition) is 0. The number of piperidine rings is 1. The van der Waals surface area contributed by atoms with Crippen molar-refractivity contribution in [1.29, 1.82) is 0 Å². The number of hydrogen-bond acceptors (Lipinski definition) is 6. The van der Waals surface area contributed by atoms with E-state index in [4.69, 9.17) is 0 Å². The second-order valence-corrected chi connectivity index (χ2v) is 7.21. The number of carbonyl (C=O) groups excluding carboxylic acids is 2. The van der Waals surface area contributed by atoms with Crippen LogP contribution in [0.2, 0.25) is 0 Å². The maximum atomic E-state index is 12.6. The molecule has 0 unspecified atom stereocenters. The SMILES string of the molecule is O=C1CN(C2CCN(c3ncnc4cnccc34)CC2)C(=O)N1C1CC1. The standard InChI is InChI=1S/C18H20N6O2/c25-16-10-23(18(26)24(16)13-1-2-13)12-4-7-22(8-5-12)17-14-3-6-19-9-15(14)20-11-21-17/h3,6,9,11-13H,1-2,4-5,7-8,10H2. The van der Waals surface area contributed by atoms with Crippen LogP contribution in [0.5, 0.6) is 0 Å². The van der Waals surface area contributed by atoms with E-state index in [0.717, 1.165) is 55.5 Å². The van der Waals surface area contributed by atoms with Crippen molar-refractivity contribution in [3.05, 3.63) is 24.8 Å². The summed E-state index contributed by atoms with van der Waals surface area (Å²) in [5, 5.41) is 0.994. The zero-order valence-electron chi connectivity index (χ0n) is 14.4. The number of fused-ring (bicyclic) bond motifs is 1. The minimum atomic E-state index is -0.0884. The number of pyridine rings is 1. The molecule has 2 aromatic heterocycles. The van der Waals surface area contributed by atoms with E-state index in [9.17, 15) is 9.59 Å². The van der Waals surface area contributed by atoms with Crippen molar-refractivity contribution in [2.24, 2.45) is 0 Å². The molecule has 26 heavy (non-hydrogen) atoms. The van der Waals surface area contributed by atoms with Gasteiger partial charge in [0.25, 0.3) is 5.91 Å². The Morgan fingerprint density at radius 3 is 2.58 bits per heavy atom. The summed E-state index contributed by atoms with van der Waals surface area (Å²) in [6.07, 6.45) is 8.67. The van der Waals surface area contributed by atoms with Crippen LogP contribution in [0.15, 0.2) is 24.8 Å². The first-order valence-corrected chi connectivity index (χ1v) is 9.14. The summed E-state index contributed by atoms with van der Waals surface area (Å²) in [5.41, 5.74) is 0.833. The van der Waals surface area contributed by atoms with E-state index in [1.807, 2.05) is 6.07 Å². The topological polar surface area (TPSA) is 82.5 Å². The van der Waals surface area contributed by atoms with Crippen LogP contribution in [0.4, 0.5) is 10.6 Å². The maximum absolute atomic E-state index is 12.6. The Labute approximate surface area is 150 Å². The molecule has 8 nitrogen and oxygen atoms in total. The number of nitrogens with zero attached hydrogens (tertiary/aromatic N) is 6. The minimum Gasteiger partial charge on any atom is -0.356 e. The molecule has 134 valence electrons. The first kappa shape index (κ1) is 15.5. The number of amides is 3. The lowest BCUT2D eigenvalue weighted by atomic mass is 10.0. The third kappa shape index (κ3) is 2.48. The Morgan fingerprint density at radius 2 is 1.81 bits per heavy atom. The summed E-state index contributed by atoms with van der Waals surface area (Å²) in [5.74, 6) is 0.883. The Hall–Kier alpha value is -2.77. The molecular formula is C18H20N6O2. The third-order valence-electron chi connectivity index (χ3n) is 5.56. The van der Waals surface area contributed by atoms with Gasteiger partial charge in [0.05, 0.1) is 11.7 Å². The largest absolute Gasteiger partial charge is 0.356 e. The van der Waals surface area contributed by atoms with Crippen molar-refractivity contribution in [1.82, 2.24) is 24.8 Å². The summed E-state index contributed by atoms with van der Waals surface area (Å²) >= 11 is 0. The van der Waals surface area contributed by atoms with Gasteiger partial charge in [-0.1, -0.05) is 0 Å². The van der Waals surface area contributed by atoms with E-state index in [-0.39, 0.29) is 30.6 Å². The van der Waals surface area contributed by atoms with E-state index < -0.39 is 0 Å². The van der Waals surface area contributed by atoms with Gasteiger partial charge < -0.3 is 9.80 Å². The van der Waals surface area contributed by atoms with Gasteiger partial charge in [-0.25, -0.2) is 14.8 Å². The second-order valence-electron chi connectivity index (χ2n) is 7.21. The molecule has 2 aliphatic heterocycles. The normalized spacial score (nSPS) is 21.9. The highest BCUT2D eigenvalue weighted by Gasteiger charge is 2.47. The summed E-state index contributed by atoms with van der Waals surface area (Å²) < 4.78 is 0. The molecule has 0 aromatic carbocycles. The maximum Gasteiger partial charge on any atom is 0.327 e. The summed E-state index contributed by atoms with van der Waals surface area (Å²) in [6.45, 7) is 1.85. The van der Waals surface area contributed by atoms with Gasteiger partial charge >= 0.3 is 6.03 Å². The van der Waals surface area contributed by atoms with E-state index in [1.165, 1.54) is 4.90 Å². The number of urea groups is 1. The molecule has 3 aliphatic rings. The van der Waals surface area contributed by atoms with E-state index in [1.54, 1.807) is 23.6 Å². The van der Waals surface area contributed by atoms with Crippen LogP contribution < -0.4 is 4.90 Å². The van der Waals surface area contributed by atoms with Gasteiger partial charge in [-0.3, -0.25) is 14.7 Å². The van der Waals surface area contributed by atoms with Gasteiger partial charge in [-0.15, -0.1) is 0 Å². The Balaban J connectivity index is 1.30. The molecule has 3 amide bonds. The van der Waals surface area contributed by atoms with E-state index >= 15 is 0 Å². The highest BCUT2D eigenvalue weighted by atomic mass is 16.2. The molecule has 0 N–H and O–H groups in total. The van der Waals surface area contributed by atoms with Crippen molar-refractivity contribution in [3.63, 3.8) is 0 Å². The third-order valence-corrected chi connectivity index (χ3v) is 5.56. The number of aromatic nitrogens is 3. The first-order valence-electron chi connectivity index (χ1n) is 9.14. The monoisotopic (exact) mass is 352 g/mol. The molecule has 3 fully saturated rings. The van der Waals surface area contributed by atoms with E-state index in [2.05, 4.69) is 19.9 Å². The van der Waals surface area contributed by atoms with Gasteiger partial charge in [-0.05, 0) is 31.7 Å². The predicted molar refractivity (Wildman–Crippen MR) is 94.5 cm³/mol. The average Bonchev–Trinajstić information content (AvgIpc) is 3.46. The molecule has 0 spiro atoms. The molecule has 2 aromatic rings. The highest BCUT2D eigenvalue weighted by Crippen LogP contribution is 2.33. The zero-order valence-corrected chi connectivity index (χ0v) is 14.4. The Bertz CT molecular complexity index is 870. The molecule has 1 aliphatic carbocycles. The van der Waals surface area contributed by atoms with Crippen molar-refractivity contribution >= 4 is 28.7 Å². The summed E-state index contributed by atoms with van der Waals surface area (Å²) in [7, 11) is 0. The highest BCUT2D eigenvalue weighted by molar-refractivity contribution is 6.02. The van der Waals surface area contributed by atoms with Crippen LogP contribution >= 0.6 is 0 Å². The Morgan fingerprint density at radius 1 is 1.00 bits per heavy atom. The lowest BCUT2D eigenvalue weighted by Gasteiger charge is -2.37. The molecule has 1 saturated carbocycles. The van der Waals surface area contributed by atoms with Gasteiger partial charge in [0, 0.05) is 36.8 Å². The number of rotatable bonds is 3. The molecule has 0 bridgehead atoms. The predicted octanol–water partition coefficient (Wildman–Crippen LogP) is 1.42. The minimum absolute atomic E-state index is 0.0331. The number of imide groups is 1. The van der Waals surface area contributed by atoms with Gasteiger partial charge in [0.1, 0.15) is 18.7 Å². The number of carbonyl (C=O) groups is 2. The zero-order chi connectivity index (χ0) is 17.7. The molecule has 5 rings (SSSR count). The van der Waals surface area contributed by atoms with Crippen molar-refractivity contribution in [2.45, 2.75) is 37.8 Å². The molecule has 4 heterocycles. The molecule has 2 saturated heterocycles. The van der Waals surface area contributed by atoms with E-state index in [0.29, 0.717) is 0 Å². The van der Waals surface area contributed by atoms with Gasteiger partial charge in [0.2, 0.25) is 0 Å². The van der Waals surface area contributed by atoms with Crippen LogP contribution in [0, 0.1) is 0 Å². The molecule has 8 heteroatoms. The fraction of sp³-hybridized carbons (Fsp3) is 0.500.